The van der Waals surface area contributed by atoms with Crippen LogP contribution in [0.5, 0.6) is 0 Å². The van der Waals surface area contributed by atoms with Crippen molar-refractivity contribution >= 4 is 29.2 Å². The Labute approximate surface area is 147 Å². The number of nitro groups is 1. The topological polar surface area (TPSA) is 174 Å². The van der Waals surface area contributed by atoms with Gasteiger partial charge in [0.25, 0.3) is 11.8 Å². The van der Waals surface area contributed by atoms with Gasteiger partial charge in [0.15, 0.2) is 5.69 Å². The average Bonchev–Trinajstić information content (AvgIpc) is 3.10. The predicted molar refractivity (Wildman–Crippen MR) is 92.1 cm³/mol. The number of nitrogens with two attached hydrogens (primary N) is 1. The summed E-state index contributed by atoms with van der Waals surface area (Å²) in [4.78, 5) is 34.4. The standard InChI is InChI=1S/C14H18N8O4/c1-20-7-8(5-9(20)13(23)17-4-3-11(15)16)18-14(24)10-6-12(22(25)26)19-21(10)2/h5-7H,3-4H2,1-2H3,(H3,15,16)(H,17,23)(H,18,24). The van der Waals surface area contributed by atoms with Gasteiger partial charge in [0, 0.05) is 26.2 Å². The molecule has 12 heteroatoms. The van der Waals surface area contributed by atoms with Gasteiger partial charge in [-0.15, -0.1) is 0 Å². The van der Waals surface area contributed by atoms with Crippen LogP contribution in [0.1, 0.15) is 27.4 Å². The summed E-state index contributed by atoms with van der Waals surface area (Å²) < 4.78 is 2.62. The molecule has 2 amide bonds. The quantitative estimate of drug-likeness (QED) is 0.233. The zero-order valence-electron chi connectivity index (χ0n) is 14.1. The van der Waals surface area contributed by atoms with E-state index in [1.54, 1.807) is 7.05 Å². The highest BCUT2D eigenvalue weighted by molar-refractivity contribution is 6.04. The maximum atomic E-state index is 12.3. The van der Waals surface area contributed by atoms with Gasteiger partial charge in [0.1, 0.15) is 5.69 Å². The van der Waals surface area contributed by atoms with Gasteiger partial charge >= 0.3 is 5.82 Å². The zero-order chi connectivity index (χ0) is 19.4. The molecule has 138 valence electrons. The molecule has 0 saturated heterocycles. The lowest BCUT2D eigenvalue weighted by molar-refractivity contribution is -0.389. The van der Waals surface area contributed by atoms with E-state index in [1.807, 2.05) is 0 Å². The molecular formula is C14H18N8O4. The summed E-state index contributed by atoms with van der Waals surface area (Å²) in [6, 6.07) is 2.53. The molecule has 0 fully saturated rings. The van der Waals surface area contributed by atoms with Crippen molar-refractivity contribution in [3.05, 3.63) is 39.8 Å². The van der Waals surface area contributed by atoms with Crippen molar-refractivity contribution in [2.75, 3.05) is 11.9 Å². The molecule has 0 atom stereocenters. The number of carbonyl (C=O) groups excluding carboxylic acids is 2. The van der Waals surface area contributed by atoms with Crippen LogP contribution < -0.4 is 16.4 Å². The van der Waals surface area contributed by atoms with Crippen molar-refractivity contribution in [2.24, 2.45) is 19.8 Å². The second kappa shape index (κ2) is 7.46. The van der Waals surface area contributed by atoms with Gasteiger partial charge in [-0.1, -0.05) is 0 Å². The maximum Gasteiger partial charge on any atom is 0.390 e. The van der Waals surface area contributed by atoms with E-state index in [0.717, 1.165) is 10.7 Å². The van der Waals surface area contributed by atoms with Crippen LogP contribution in [-0.2, 0) is 14.1 Å². The van der Waals surface area contributed by atoms with Crippen LogP contribution in [0.4, 0.5) is 11.5 Å². The second-order valence-electron chi connectivity index (χ2n) is 5.48. The van der Waals surface area contributed by atoms with Crippen molar-refractivity contribution in [3.63, 3.8) is 0 Å². The molecule has 2 aromatic heterocycles. The van der Waals surface area contributed by atoms with Gasteiger partial charge in [-0.2, -0.15) is 4.68 Å². The Kier molecular flexibility index (Phi) is 5.35. The van der Waals surface area contributed by atoms with E-state index >= 15 is 0 Å². The number of hydrogen-bond acceptors (Lipinski definition) is 6. The van der Waals surface area contributed by atoms with Crippen molar-refractivity contribution in [3.8, 4) is 0 Å². The monoisotopic (exact) mass is 362 g/mol. The van der Waals surface area contributed by atoms with Gasteiger partial charge in [-0.05, 0) is 11.0 Å². The Hall–Kier alpha value is -3.70. The summed E-state index contributed by atoms with van der Waals surface area (Å²) >= 11 is 0. The first kappa shape index (κ1) is 18.6. The van der Waals surface area contributed by atoms with Crippen LogP contribution in [0.3, 0.4) is 0 Å². The number of aromatic nitrogens is 3. The summed E-state index contributed by atoms with van der Waals surface area (Å²) in [6.07, 6.45) is 1.77. The predicted octanol–water partition coefficient (Wildman–Crippen LogP) is -0.0250. The number of rotatable bonds is 7. The molecule has 0 saturated carbocycles. The Balaban J connectivity index is 2.09. The molecule has 0 aliphatic heterocycles. The summed E-state index contributed by atoms with van der Waals surface area (Å²) in [5.74, 6) is -1.45. The zero-order valence-corrected chi connectivity index (χ0v) is 14.1. The first-order valence-electron chi connectivity index (χ1n) is 7.46. The van der Waals surface area contributed by atoms with E-state index < -0.39 is 16.6 Å². The molecule has 0 unspecified atom stereocenters. The van der Waals surface area contributed by atoms with Gasteiger partial charge in [0.2, 0.25) is 0 Å². The average molecular weight is 362 g/mol. The molecule has 0 spiro atoms. The molecule has 0 bridgehead atoms. The summed E-state index contributed by atoms with van der Waals surface area (Å²) in [6.45, 7) is 0.222. The molecule has 0 radical (unpaired) electrons. The molecule has 0 aromatic carbocycles. The fourth-order valence-electron chi connectivity index (χ4n) is 2.21. The lowest BCUT2D eigenvalue weighted by Gasteiger charge is -2.04. The number of amidine groups is 1. The summed E-state index contributed by atoms with van der Waals surface area (Å²) in [5.41, 5.74) is 5.87. The largest absolute Gasteiger partial charge is 0.390 e. The molecular weight excluding hydrogens is 344 g/mol. The van der Waals surface area contributed by atoms with Crippen LogP contribution >= 0.6 is 0 Å². The fraction of sp³-hybridized carbons (Fsp3) is 0.286. The minimum absolute atomic E-state index is 0.00742. The molecule has 0 aliphatic rings. The Morgan fingerprint density at radius 2 is 2.00 bits per heavy atom. The molecule has 2 rings (SSSR count). The van der Waals surface area contributed by atoms with Crippen LogP contribution in [0.2, 0.25) is 0 Å². The second-order valence-corrected chi connectivity index (χ2v) is 5.48. The van der Waals surface area contributed by atoms with E-state index in [9.17, 15) is 19.7 Å². The maximum absolute atomic E-state index is 12.3. The first-order valence-corrected chi connectivity index (χ1v) is 7.46. The number of anilines is 1. The highest BCUT2D eigenvalue weighted by atomic mass is 16.6. The Bertz CT molecular complexity index is 882. The normalized spacial score (nSPS) is 10.4. The third-order valence-electron chi connectivity index (χ3n) is 3.46. The SMILES string of the molecule is Cn1cc(NC(=O)c2cc([N+](=O)[O-])nn2C)cc1C(=O)NCCC(=N)N. The lowest BCUT2D eigenvalue weighted by atomic mass is 10.3. The minimum Gasteiger partial charge on any atom is -0.388 e. The summed E-state index contributed by atoms with van der Waals surface area (Å²) in [7, 11) is 3.05. The van der Waals surface area contributed by atoms with Crippen LogP contribution in [-0.4, -0.2) is 43.5 Å². The van der Waals surface area contributed by atoms with Crippen LogP contribution in [0.25, 0.3) is 0 Å². The minimum atomic E-state index is -0.692. The molecule has 26 heavy (non-hydrogen) atoms. The number of hydrogen-bond donors (Lipinski definition) is 4. The first-order chi connectivity index (χ1) is 12.2. The van der Waals surface area contributed by atoms with Crippen molar-refractivity contribution < 1.29 is 14.5 Å². The van der Waals surface area contributed by atoms with Gasteiger partial charge in [0.05, 0.1) is 29.7 Å². The third kappa shape index (κ3) is 4.23. The number of aryl methyl sites for hydroxylation is 2. The highest BCUT2D eigenvalue weighted by Crippen LogP contribution is 2.16. The fourth-order valence-corrected chi connectivity index (χ4v) is 2.21. The highest BCUT2D eigenvalue weighted by Gasteiger charge is 2.22. The van der Waals surface area contributed by atoms with E-state index in [-0.39, 0.29) is 30.4 Å². The Morgan fingerprint density at radius 1 is 1.31 bits per heavy atom. The van der Waals surface area contributed by atoms with Crippen molar-refractivity contribution in [1.82, 2.24) is 19.7 Å². The molecule has 2 heterocycles. The smallest absolute Gasteiger partial charge is 0.388 e. The molecule has 5 N–H and O–H groups in total. The lowest BCUT2D eigenvalue weighted by Crippen LogP contribution is -2.28. The van der Waals surface area contributed by atoms with Gasteiger partial charge < -0.3 is 31.0 Å². The van der Waals surface area contributed by atoms with Crippen LogP contribution in [0.15, 0.2) is 18.3 Å². The van der Waals surface area contributed by atoms with Crippen LogP contribution in [0, 0.1) is 15.5 Å². The van der Waals surface area contributed by atoms with Crippen molar-refractivity contribution in [2.45, 2.75) is 6.42 Å². The van der Waals surface area contributed by atoms with E-state index in [4.69, 9.17) is 11.1 Å². The third-order valence-corrected chi connectivity index (χ3v) is 3.46. The van der Waals surface area contributed by atoms with E-state index in [0.29, 0.717) is 11.4 Å². The van der Waals surface area contributed by atoms with Gasteiger partial charge in [-0.25, -0.2) is 0 Å². The molecule has 12 nitrogen and oxygen atoms in total. The molecule has 2 aromatic rings. The summed E-state index contributed by atoms with van der Waals surface area (Å²) in [5, 5.41) is 26.7. The number of carbonyl (C=O) groups is 2. The van der Waals surface area contributed by atoms with Crippen molar-refractivity contribution in [1.29, 1.82) is 5.41 Å². The number of nitrogens with zero attached hydrogens (tertiary/aromatic N) is 4. The Morgan fingerprint density at radius 3 is 2.58 bits per heavy atom. The van der Waals surface area contributed by atoms with E-state index in [2.05, 4.69) is 15.7 Å². The molecule has 0 aliphatic carbocycles. The van der Waals surface area contributed by atoms with E-state index in [1.165, 1.54) is 23.9 Å². The number of amides is 2. The number of nitrogens with one attached hydrogen (secondary N) is 3. The van der Waals surface area contributed by atoms with Gasteiger partial charge in [-0.3, -0.25) is 15.0 Å².